The first-order chi connectivity index (χ1) is 7.88. The molecule has 1 saturated carbocycles. The summed E-state index contributed by atoms with van der Waals surface area (Å²) in [7, 11) is 0. The fourth-order valence-corrected chi connectivity index (χ4v) is 2.69. The summed E-state index contributed by atoms with van der Waals surface area (Å²) in [5.74, 6) is -0.151. The molecule has 17 heavy (non-hydrogen) atoms. The van der Waals surface area contributed by atoms with Gasteiger partial charge in [0, 0.05) is 11.5 Å². The van der Waals surface area contributed by atoms with Crippen LogP contribution in [-0.4, -0.2) is 6.04 Å². The lowest BCUT2D eigenvalue weighted by Crippen LogP contribution is -2.31. The number of nitrogens with two attached hydrogens (primary N) is 1. The van der Waals surface area contributed by atoms with Gasteiger partial charge in [0.05, 0.1) is 5.02 Å². The van der Waals surface area contributed by atoms with Gasteiger partial charge in [-0.3, -0.25) is 0 Å². The minimum absolute atomic E-state index is 0.0288. The molecule has 1 aliphatic rings. The van der Waals surface area contributed by atoms with Gasteiger partial charge in [-0.25, -0.2) is 4.39 Å². The number of hydrogen-bond donors (Lipinski definition) is 1. The van der Waals surface area contributed by atoms with E-state index in [9.17, 15) is 4.39 Å². The molecule has 1 unspecified atom stereocenters. The van der Waals surface area contributed by atoms with Crippen LogP contribution in [0.2, 0.25) is 5.02 Å². The summed E-state index contributed by atoms with van der Waals surface area (Å²) >= 11 is 5.99. The molecule has 1 aromatic carbocycles. The van der Waals surface area contributed by atoms with Crippen LogP contribution in [0.4, 0.5) is 4.39 Å². The molecule has 1 fully saturated rings. The maximum absolute atomic E-state index is 13.9. The second-order valence-corrected chi connectivity index (χ2v) is 5.87. The van der Waals surface area contributed by atoms with Crippen molar-refractivity contribution in [1.29, 1.82) is 0 Å². The topological polar surface area (TPSA) is 26.0 Å². The SMILES string of the molecule is CC(C)c1cc(C2(C(C)N)CC2)cc(Cl)c1F. The quantitative estimate of drug-likeness (QED) is 0.869. The maximum Gasteiger partial charge on any atom is 0.145 e. The molecule has 0 heterocycles. The molecule has 2 N–H and O–H groups in total. The molecule has 1 aliphatic carbocycles. The molecule has 1 nitrogen and oxygen atoms in total. The molecule has 0 aliphatic heterocycles. The predicted octanol–water partition coefficient (Wildman–Crippen LogP) is 3.98. The fraction of sp³-hybridized carbons (Fsp3) is 0.571. The van der Waals surface area contributed by atoms with E-state index in [2.05, 4.69) is 0 Å². The Morgan fingerprint density at radius 3 is 2.29 bits per heavy atom. The highest BCUT2D eigenvalue weighted by molar-refractivity contribution is 6.30. The maximum atomic E-state index is 13.9. The highest BCUT2D eigenvalue weighted by Crippen LogP contribution is 2.51. The monoisotopic (exact) mass is 255 g/mol. The summed E-state index contributed by atoms with van der Waals surface area (Å²) in [6.45, 7) is 5.97. The van der Waals surface area contributed by atoms with Gasteiger partial charge in [-0.1, -0.05) is 31.5 Å². The lowest BCUT2D eigenvalue weighted by atomic mass is 9.87. The minimum Gasteiger partial charge on any atom is -0.327 e. The Morgan fingerprint density at radius 2 is 1.88 bits per heavy atom. The van der Waals surface area contributed by atoms with Crippen molar-refractivity contribution >= 4 is 11.6 Å². The van der Waals surface area contributed by atoms with Gasteiger partial charge in [-0.05, 0) is 42.9 Å². The van der Waals surface area contributed by atoms with Crippen LogP contribution < -0.4 is 5.73 Å². The zero-order valence-corrected chi connectivity index (χ0v) is 11.3. The second-order valence-electron chi connectivity index (χ2n) is 5.46. The smallest absolute Gasteiger partial charge is 0.145 e. The van der Waals surface area contributed by atoms with Crippen molar-refractivity contribution in [2.45, 2.75) is 51.0 Å². The van der Waals surface area contributed by atoms with Crippen molar-refractivity contribution in [3.05, 3.63) is 34.1 Å². The molecule has 1 atom stereocenters. The second kappa shape index (κ2) is 4.25. The van der Waals surface area contributed by atoms with Crippen LogP contribution in [0.3, 0.4) is 0 Å². The highest BCUT2D eigenvalue weighted by Gasteiger charge is 2.47. The van der Waals surface area contributed by atoms with E-state index in [-0.39, 0.29) is 28.2 Å². The van der Waals surface area contributed by atoms with Crippen molar-refractivity contribution in [2.75, 3.05) is 0 Å². The number of rotatable bonds is 3. The van der Waals surface area contributed by atoms with E-state index >= 15 is 0 Å². The molecule has 3 heteroatoms. The third-order valence-electron chi connectivity index (χ3n) is 3.91. The zero-order chi connectivity index (χ0) is 12.8. The lowest BCUT2D eigenvalue weighted by Gasteiger charge is -2.22. The van der Waals surface area contributed by atoms with Crippen LogP contribution in [0, 0.1) is 5.82 Å². The van der Waals surface area contributed by atoms with E-state index in [1.807, 2.05) is 26.8 Å². The third-order valence-corrected chi connectivity index (χ3v) is 4.19. The number of hydrogen-bond acceptors (Lipinski definition) is 1. The van der Waals surface area contributed by atoms with Gasteiger partial charge in [-0.2, -0.15) is 0 Å². The number of halogens is 2. The summed E-state index contributed by atoms with van der Waals surface area (Å²) in [4.78, 5) is 0. The molecule has 0 aromatic heterocycles. The van der Waals surface area contributed by atoms with Crippen LogP contribution in [-0.2, 0) is 5.41 Å². The van der Waals surface area contributed by atoms with Crippen molar-refractivity contribution in [3.8, 4) is 0 Å². The lowest BCUT2D eigenvalue weighted by molar-refractivity contribution is 0.549. The van der Waals surface area contributed by atoms with Gasteiger partial charge >= 0.3 is 0 Å². The van der Waals surface area contributed by atoms with Crippen LogP contribution in [0.25, 0.3) is 0 Å². The Bertz CT molecular complexity index is 436. The van der Waals surface area contributed by atoms with E-state index < -0.39 is 0 Å². The van der Waals surface area contributed by atoms with Crippen LogP contribution >= 0.6 is 11.6 Å². The standard InChI is InChI=1S/C14H19ClFN/c1-8(2)11-6-10(7-12(15)13(11)16)14(4-5-14)9(3)17/h6-9H,4-5,17H2,1-3H3. The summed E-state index contributed by atoms with van der Waals surface area (Å²) in [5.41, 5.74) is 7.86. The average Bonchev–Trinajstić information content (AvgIpc) is 3.02. The van der Waals surface area contributed by atoms with Gasteiger partial charge in [0.15, 0.2) is 0 Å². The molecule has 0 spiro atoms. The first kappa shape index (κ1) is 12.8. The molecule has 0 radical (unpaired) electrons. The van der Waals surface area contributed by atoms with Gasteiger partial charge in [-0.15, -0.1) is 0 Å². The van der Waals surface area contributed by atoms with Crippen molar-refractivity contribution in [1.82, 2.24) is 0 Å². The Balaban J connectivity index is 2.50. The van der Waals surface area contributed by atoms with E-state index in [4.69, 9.17) is 17.3 Å². The largest absolute Gasteiger partial charge is 0.327 e. The van der Waals surface area contributed by atoms with E-state index in [1.54, 1.807) is 6.07 Å². The number of benzene rings is 1. The molecule has 94 valence electrons. The summed E-state index contributed by atoms with van der Waals surface area (Å²) < 4.78 is 13.9. The minimum atomic E-state index is -0.286. The Kier molecular flexibility index (Phi) is 3.21. The van der Waals surface area contributed by atoms with Crippen LogP contribution in [0.5, 0.6) is 0 Å². The van der Waals surface area contributed by atoms with Gasteiger partial charge in [0.25, 0.3) is 0 Å². The summed E-state index contributed by atoms with van der Waals surface area (Å²) in [6, 6.07) is 3.78. The first-order valence-corrected chi connectivity index (χ1v) is 6.51. The highest BCUT2D eigenvalue weighted by atomic mass is 35.5. The molecule has 2 rings (SSSR count). The summed E-state index contributed by atoms with van der Waals surface area (Å²) in [5, 5.41) is 0.220. The predicted molar refractivity (Wildman–Crippen MR) is 70.1 cm³/mol. The molecule has 0 bridgehead atoms. The molecular formula is C14H19ClFN. The summed E-state index contributed by atoms with van der Waals surface area (Å²) in [6.07, 6.45) is 2.15. The third kappa shape index (κ3) is 2.09. The Hall–Kier alpha value is -0.600. The first-order valence-electron chi connectivity index (χ1n) is 6.13. The van der Waals surface area contributed by atoms with E-state index in [1.165, 1.54) is 0 Å². The van der Waals surface area contributed by atoms with Gasteiger partial charge in [0.1, 0.15) is 5.82 Å². The average molecular weight is 256 g/mol. The van der Waals surface area contributed by atoms with Crippen LogP contribution in [0.1, 0.15) is 50.7 Å². The Morgan fingerprint density at radius 1 is 1.29 bits per heavy atom. The van der Waals surface area contributed by atoms with E-state index in [0.717, 1.165) is 18.4 Å². The van der Waals surface area contributed by atoms with E-state index in [0.29, 0.717) is 5.56 Å². The molecular weight excluding hydrogens is 237 g/mol. The van der Waals surface area contributed by atoms with Gasteiger partial charge in [0.2, 0.25) is 0 Å². The Labute approximate surface area is 107 Å². The zero-order valence-electron chi connectivity index (χ0n) is 10.6. The molecule has 1 aromatic rings. The fourth-order valence-electron chi connectivity index (χ4n) is 2.46. The van der Waals surface area contributed by atoms with Crippen molar-refractivity contribution < 1.29 is 4.39 Å². The van der Waals surface area contributed by atoms with Crippen molar-refractivity contribution in [2.24, 2.45) is 5.73 Å². The van der Waals surface area contributed by atoms with Crippen LogP contribution in [0.15, 0.2) is 12.1 Å². The molecule has 0 amide bonds. The molecule has 0 saturated heterocycles. The van der Waals surface area contributed by atoms with Crippen molar-refractivity contribution in [3.63, 3.8) is 0 Å². The van der Waals surface area contributed by atoms with Gasteiger partial charge < -0.3 is 5.73 Å². The normalized spacial score (nSPS) is 19.5.